The van der Waals surface area contributed by atoms with Crippen molar-refractivity contribution in [1.82, 2.24) is 10.3 Å². The lowest BCUT2D eigenvalue weighted by Gasteiger charge is -2.18. The number of hydrogen-bond acceptors (Lipinski definition) is 3. The zero-order valence-electron chi connectivity index (χ0n) is 12.0. The maximum absolute atomic E-state index is 4.76. The van der Waals surface area contributed by atoms with Crippen LogP contribution >= 0.6 is 11.3 Å². The summed E-state index contributed by atoms with van der Waals surface area (Å²) in [6, 6.07) is 0. The number of hydrogen-bond donors (Lipinski definition) is 1. The second-order valence-corrected chi connectivity index (χ2v) is 7.04. The minimum atomic E-state index is 0.175. The molecule has 0 aromatic carbocycles. The molecule has 0 aliphatic rings. The summed E-state index contributed by atoms with van der Waals surface area (Å²) in [5.74, 6) is 1.38. The van der Waals surface area contributed by atoms with Gasteiger partial charge in [-0.1, -0.05) is 34.6 Å². The van der Waals surface area contributed by atoms with Gasteiger partial charge >= 0.3 is 0 Å². The zero-order chi connectivity index (χ0) is 13.1. The molecule has 0 saturated heterocycles. The minimum absolute atomic E-state index is 0.175. The third-order valence-electron chi connectivity index (χ3n) is 3.31. The second-order valence-electron chi connectivity index (χ2n) is 6.09. The number of nitrogens with zero attached hydrogens (tertiary/aromatic N) is 1. The van der Waals surface area contributed by atoms with Crippen molar-refractivity contribution < 1.29 is 0 Å². The molecule has 1 aromatic heterocycles. The summed E-state index contributed by atoms with van der Waals surface area (Å²) in [5, 5.41) is 6.74. The molecule has 1 rings (SSSR count). The van der Waals surface area contributed by atoms with Crippen LogP contribution in [0.3, 0.4) is 0 Å². The van der Waals surface area contributed by atoms with Crippen molar-refractivity contribution in [2.75, 3.05) is 13.6 Å². The number of thiazole rings is 1. The van der Waals surface area contributed by atoms with E-state index < -0.39 is 0 Å². The molecule has 0 radical (unpaired) electrons. The van der Waals surface area contributed by atoms with E-state index in [1.165, 1.54) is 10.7 Å². The van der Waals surface area contributed by atoms with E-state index >= 15 is 0 Å². The molecule has 1 heterocycles. The Kier molecular flexibility index (Phi) is 5.14. The summed E-state index contributed by atoms with van der Waals surface area (Å²) in [4.78, 5) is 4.76. The average molecular weight is 254 g/mol. The first kappa shape index (κ1) is 14.7. The molecule has 0 aliphatic heterocycles. The smallest absolute Gasteiger partial charge is 0.0931 e. The highest BCUT2D eigenvalue weighted by Gasteiger charge is 2.19. The fourth-order valence-electron chi connectivity index (χ4n) is 1.75. The number of nitrogens with one attached hydrogen (secondary N) is 1. The van der Waals surface area contributed by atoms with Crippen LogP contribution in [-0.2, 0) is 11.8 Å². The highest BCUT2D eigenvalue weighted by Crippen LogP contribution is 2.26. The number of aromatic nitrogens is 1. The van der Waals surface area contributed by atoms with Crippen LogP contribution in [0.25, 0.3) is 0 Å². The van der Waals surface area contributed by atoms with Crippen LogP contribution in [0.1, 0.15) is 45.3 Å². The SMILES string of the molecule is CNCC(C)C(C)Cc1nc(C(C)(C)C)cs1. The molecular weight excluding hydrogens is 228 g/mol. The first-order chi connectivity index (χ1) is 7.84. The maximum Gasteiger partial charge on any atom is 0.0931 e. The average Bonchev–Trinajstić information content (AvgIpc) is 2.66. The molecule has 17 heavy (non-hydrogen) atoms. The third-order valence-corrected chi connectivity index (χ3v) is 4.19. The van der Waals surface area contributed by atoms with E-state index in [1.54, 1.807) is 0 Å². The van der Waals surface area contributed by atoms with Crippen molar-refractivity contribution in [3.8, 4) is 0 Å². The minimum Gasteiger partial charge on any atom is -0.319 e. The van der Waals surface area contributed by atoms with Crippen LogP contribution in [-0.4, -0.2) is 18.6 Å². The Hall–Kier alpha value is -0.410. The Morgan fingerprint density at radius 3 is 2.41 bits per heavy atom. The molecule has 2 unspecified atom stereocenters. The van der Waals surface area contributed by atoms with E-state index in [0.29, 0.717) is 11.8 Å². The molecule has 2 atom stereocenters. The molecule has 0 saturated carbocycles. The molecule has 0 aliphatic carbocycles. The van der Waals surface area contributed by atoms with Gasteiger partial charge in [0, 0.05) is 17.2 Å². The Bertz CT molecular complexity index is 338. The topological polar surface area (TPSA) is 24.9 Å². The lowest BCUT2D eigenvalue weighted by atomic mass is 9.92. The molecule has 98 valence electrons. The number of rotatable bonds is 5. The van der Waals surface area contributed by atoms with Gasteiger partial charge in [0.1, 0.15) is 0 Å². The van der Waals surface area contributed by atoms with Crippen LogP contribution in [0, 0.1) is 11.8 Å². The van der Waals surface area contributed by atoms with Crippen LogP contribution in [0.15, 0.2) is 5.38 Å². The highest BCUT2D eigenvalue weighted by atomic mass is 32.1. The van der Waals surface area contributed by atoms with Crippen molar-refractivity contribution in [2.24, 2.45) is 11.8 Å². The van der Waals surface area contributed by atoms with E-state index in [4.69, 9.17) is 4.98 Å². The van der Waals surface area contributed by atoms with E-state index in [1.807, 2.05) is 18.4 Å². The van der Waals surface area contributed by atoms with Gasteiger partial charge in [-0.3, -0.25) is 0 Å². The Balaban J connectivity index is 2.60. The van der Waals surface area contributed by atoms with Gasteiger partial charge in [0.15, 0.2) is 0 Å². The highest BCUT2D eigenvalue weighted by molar-refractivity contribution is 7.09. The fraction of sp³-hybridized carbons (Fsp3) is 0.786. The first-order valence-corrected chi connectivity index (χ1v) is 7.32. The predicted octanol–water partition coefficient (Wildman–Crippen LogP) is 3.47. The van der Waals surface area contributed by atoms with Crippen molar-refractivity contribution >= 4 is 11.3 Å². The summed E-state index contributed by atoms with van der Waals surface area (Å²) < 4.78 is 0. The molecule has 0 fully saturated rings. The third kappa shape index (κ3) is 4.40. The standard InChI is InChI=1S/C14H26N2S/c1-10(11(2)8-15-6)7-13-16-12(9-17-13)14(3,4)5/h9-11,15H,7-8H2,1-6H3. The molecule has 0 spiro atoms. The van der Waals surface area contributed by atoms with E-state index in [0.717, 1.165) is 13.0 Å². The van der Waals surface area contributed by atoms with E-state index in [9.17, 15) is 0 Å². The molecule has 0 bridgehead atoms. The van der Waals surface area contributed by atoms with Gasteiger partial charge < -0.3 is 5.32 Å². The molecule has 2 nitrogen and oxygen atoms in total. The lowest BCUT2D eigenvalue weighted by molar-refractivity contribution is 0.373. The van der Waals surface area contributed by atoms with Gasteiger partial charge in [0.05, 0.1) is 10.7 Å². The fourth-order valence-corrected chi connectivity index (χ4v) is 2.91. The second kappa shape index (κ2) is 5.96. The molecular formula is C14H26N2S. The van der Waals surface area contributed by atoms with Gasteiger partial charge in [0.25, 0.3) is 0 Å². The largest absolute Gasteiger partial charge is 0.319 e. The quantitative estimate of drug-likeness (QED) is 0.870. The van der Waals surface area contributed by atoms with Gasteiger partial charge in [-0.2, -0.15) is 0 Å². The van der Waals surface area contributed by atoms with Crippen molar-refractivity contribution in [3.63, 3.8) is 0 Å². The summed E-state index contributed by atoms with van der Waals surface area (Å²) in [5.41, 5.74) is 1.40. The normalized spacial score (nSPS) is 15.9. The Labute approximate surface area is 110 Å². The van der Waals surface area contributed by atoms with Gasteiger partial charge in [0.2, 0.25) is 0 Å². The van der Waals surface area contributed by atoms with Crippen molar-refractivity contribution in [2.45, 2.75) is 46.5 Å². The van der Waals surface area contributed by atoms with Crippen LogP contribution < -0.4 is 5.32 Å². The summed E-state index contributed by atoms with van der Waals surface area (Å²) in [6.45, 7) is 12.4. The van der Waals surface area contributed by atoms with Gasteiger partial charge in [-0.05, 0) is 25.4 Å². The Morgan fingerprint density at radius 1 is 1.29 bits per heavy atom. The molecule has 1 aromatic rings. The first-order valence-electron chi connectivity index (χ1n) is 6.44. The van der Waals surface area contributed by atoms with Crippen molar-refractivity contribution in [1.29, 1.82) is 0 Å². The Morgan fingerprint density at radius 2 is 1.94 bits per heavy atom. The van der Waals surface area contributed by atoms with E-state index in [-0.39, 0.29) is 5.41 Å². The zero-order valence-corrected chi connectivity index (χ0v) is 12.8. The van der Waals surface area contributed by atoms with Crippen LogP contribution in [0.5, 0.6) is 0 Å². The lowest BCUT2D eigenvalue weighted by Crippen LogP contribution is -2.23. The maximum atomic E-state index is 4.76. The van der Waals surface area contributed by atoms with Gasteiger partial charge in [-0.15, -0.1) is 11.3 Å². The van der Waals surface area contributed by atoms with Crippen LogP contribution in [0.2, 0.25) is 0 Å². The van der Waals surface area contributed by atoms with Crippen molar-refractivity contribution in [3.05, 3.63) is 16.1 Å². The summed E-state index contributed by atoms with van der Waals surface area (Å²) in [6.07, 6.45) is 1.10. The monoisotopic (exact) mass is 254 g/mol. The van der Waals surface area contributed by atoms with Gasteiger partial charge in [-0.25, -0.2) is 4.98 Å². The molecule has 3 heteroatoms. The molecule has 1 N–H and O–H groups in total. The van der Waals surface area contributed by atoms with Crippen LogP contribution in [0.4, 0.5) is 0 Å². The summed E-state index contributed by atoms with van der Waals surface area (Å²) in [7, 11) is 2.02. The predicted molar refractivity (Wildman–Crippen MR) is 76.8 cm³/mol. The summed E-state index contributed by atoms with van der Waals surface area (Å²) >= 11 is 1.81. The van der Waals surface area contributed by atoms with E-state index in [2.05, 4.69) is 45.3 Å². The molecule has 0 amide bonds.